The Labute approximate surface area is 133 Å². The standard InChI is InChI=1S/C18H17N3O2/c1-19-17(22)14-3-2-13-9-15(5-4-12(13)8-14)18(23)6-7-21-11-20-10-16(18)21/h2-5,8-11,23H,6-7H2,1H3,(H,19,22)/p+1/t18-/m1/s1. The van der Waals surface area contributed by atoms with Gasteiger partial charge >= 0.3 is 0 Å². The Kier molecular flexibility index (Phi) is 2.99. The summed E-state index contributed by atoms with van der Waals surface area (Å²) in [6.07, 6.45) is 4.40. The van der Waals surface area contributed by atoms with Gasteiger partial charge in [0.2, 0.25) is 6.33 Å². The fraction of sp³-hybridized carbons (Fsp3) is 0.222. The van der Waals surface area contributed by atoms with Gasteiger partial charge in [-0.15, -0.1) is 0 Å². The Bertz CT molecular complexity index is 916. The highest BCUT2D eigenvalue weighted by Crippen LogP contribution is 2.36. The second-order valence-electron chi connectivity index (χ2n) is 5.98. The summed E-state index contributed by atoms with van der Waals surface area (Å²) in [4.78, 5) is 14.8. The Morgan fingerprint density at radius 2 is 2.04 bits per heavy atom. The summed E-state index contributed by atoms with van der Waals surface area (Å²) in [5, 5.41) is 15.8. The number of fused-ring (bicyclic) bond motifs is 2. The zero-order valence-electron chi connectivity index (χ0n) is 12.8. The molecule has 4 rings (SSSR count). The molecule has 1 amide bonds. The van der Waals surface area contributed by atoms with E-state index in [9.17, 15) is 9.90 Å². The summed E-state index contributed by atoms with van der Waals surface area (Å²) in [7, 11) is 1.62. The smallest absolute Gasteiger partial charge is 0.251 e. The minimum absolute atomic E-state index is 0.0984. The predicted octanol–water partition coefficient (Wildman–Crippen LogP) is 1.45. The van der Waals surface area contributed by atoms with Crippen molar-refractivity contribution in [2.24, 2.45) is 0 Å². The average molecular weight is 308 g/mol. The Hall–Kier alpha value is -2.66. The quantitative estimate of drug-likeness (QED) is 0.627. The maximum absolute atomic E-state index is 11.7. The molecular formula is C18H18N3O2+. The molecule has 1 aromatic heterocycles. The number of hydrogen-bond donors (Lipinski definition) is 3. The number of aromatic amines is 1. The van der Waals surface area contributed by atoms with E-state index in [1.165, 1.54) is 0 Å². The molecule has 5 heteroatoms. The largest absolute Gasteiger partial charge is 0.376 e. The highest BCUT2D eigenvalue weighted by Gasteiger charge is 2.43. The molecule has 0 saturated heterocycles. The van der Waals surface area contributed by atoms with E-state index in [-0.39, 0.29) is 5.91 Å². The summed E-state index contributed by atoms with van der Waals surface area (Å²) >= 11 is 0. The van der Waals surface area contributed by atoms with Crippen LogP contribution in [0.5, 0.6) is 0 Å². The molecule has 0 fully saturated rings. The number of nitrogens with zero attached hydrogens (tertiary/aromatic N) is 1. The van der Waals surface area contributed by atoms with Crippen LogP contribution < -0.4 is 9.88 Å². The molecule has 2 aromatic carbocycles. The number of aromatic nitrogens is 2. The third-order valence-corrected chi connectivity index (χ3v) is 4.71. The van der Waals surface area contributed by atoms with Gasteiger partial charge in [0.1, 0.15) is 6.20 Å². The number of H-pyrrole nitrogens is 1. The lowest BCUT2D eigenvalue weighted by Crippen LogP contribution is -2.33. The van der Waals surface area contributed by atoms with Crippen LogP contribution in [-0.4, -0.2) is 23.0 Å². The van der Waals surface area contributed by atoms with Crippen molar-refractivity contribution in [1.82, 2.24) is 10.3 Å². The number of amides is 1. The van der Waals surface area contributed by atoms with Crippen molar-refractivity contribution in [2.45, 2.75) is 18.6 Å². The van der Waals surface area contributed by atoms with E-state index in [4.69, 9.17) is 0 Å². The number of benzene rings is 2. The second kappa shape index (κ2) is 4.93. The summed E-state index contributed by atoms with van der Waals surface area (Å²) < 4.78 is 2.04. The molecule has 0 unspecified atom stereocenters. The fourth-order valence-electron chi connectivity index (χ4n) is 3.39. The van der Waals surface area contributed by atoms with E-state index in [0.717, 1.165) is 28.6 Å². The maximum atomic E-state index is 11.7. The molecule has 116 valence electrons. The van der Waals surface area contributed by atoms with Crippen LogP contribution in [0.25, 0.3) is 10.8 Å². The third kappa shape index (κ3) is 2.04. The van der Waals surface area contributed by atoms with Gasteiger partial charge in [0.25, 0.3) is 5.91 Å². The Morgan fingerprint density at radius 1 is 1.26 bits per heavy atom. The molecule has 0 saturated carbocycles. The van der Waals surface area contributed by atoms with Crippen LogP contribution in [0.4, 0.5) is 0 Å². The Balaban J connectivity index is 1.80. The first-order chi connectivity index (χ1) is 11.1. The summed E-state index contributed by atoms with van der Waals surface area (Å²) in [5.41, 5.74) is 1.44. The zero-order valence-corrected chi connectivity index (χ0v) is 12.8. The maximum Gasteiger partial charge on any atom is 0.251 e. The predicted molar refractivity (Wildman–Crippen MR) is 85.9 cm³/mol. The Morgan fingerprint density at radius 3 is 2.87 bits per heavy atom. The molecule has 0 radical (unpaired) electrons. The molecular weight excluding hydrogens is 290 g/mol. The van der Waals surface area contributed by atoms with Gasteiger partial charge in [0.15, 0.2) is 11.3 Å². The van der Waals surface area contributed by atoms with Crippen LogP contribution in [-0.2, 0) is 12.1 Å². The number of imidazole rings is 1. The summed E-state index contributed by atoms with van der Waals surface area (Å²) in [5.74, 6) is -0.0984. The van der Waals surface area contributed by atoms with Gasteiger partial charge in [-0.05, 0) is 34.5 Å². The average Bonchev–Trinajstić information content (AvgIpc) is 3.18. The van der Waals surface area contributed by atoms with Crippen LogP contribution in [0.2, 0.25) is 0 Å². The topological polar surface area (TPSA) is 69.0 Å². The first-order valence-corrected chi connectivity index (χ1v) is 7.67. The monoisotopic (exact) mass is 308 g/mol. The lowest BCUT2D eigenvalue weighted by molar-refractivity contribution is -0.690. The molecule has 23 heavy (non-hydrogen) atoms. The molecule has 1 aliphatic rings. The number of aliphatic hydroxyl groups is 1. The number of aryl methyl sites for hydroxylation is 1. The van der Waals surface area contributed by atoms with Crippen molar-refractivity contribution in [3.8, 4) is 0 Å². The summed E-state index contributed by atoms with van der Waals surface area (Å²) in [6, 6.07) is 11.5. The zero-order chi connectivity index (χ0) is 16.0. The molecule has 0 spiro atoms. The van der Waals surface area contributed by atoms with Crippen LogP contribution in [0, 0.1) is 0 Å². The number of hydrogen-bond acceptors (Lipinski definition) is 2. The molecule has 3 aromatic rings. The van der Waals surface area contributed by atoms with E-state index in [0.29, 0.717) is 12.0 Å². The van der Waals surface area contributed by atoms with E-state index in [1.807, 2.05) is 47.4 Å². The molecule has 3 N–H and O–H groups in total. The van der Waals surface area contributed by atoms with Crippen LogP contribution in [0.3, 0.4) is 0 Å². The van der Waals surface area contributed by atoms with E-state index in [1.54, 1.807) is 13.1 Å². The number of carbonyl (C=O) groups excluding carboxylic acids is 1. The SMILES string of the molecule is CNC(=O)c1ccc2cc([C@]3(O)CC[n+]4c[nH]cc43)ccc2c1. The van der Waals surface area contributed by atoms with Crippen molar-refractivity contribution >= 4 is 16.7 Å². The first kappa shape index (κ1) is 14.0. The molecule has 0 aliphatic carbocycles. The lowest BCUT2D eigenvalue weighted by Gasteiger charge is -2.20. The second-order valence-corrected chi connectivity index (χ2v) is 5.98. The summed E-state index contributed by atoms with van der Waals surface area (Å²) in [6.45, 7) is 0.795. The van der Waals surface area contributed by atoms with Crippen LogP contribution in [0.15, 0.2) is 48.9 Å². The van der Waals surface area contributed by atoms with Crippen molar-refractivity contribution in [1.29, 1.82) is 0 Å². The number of nitrogens with one attached hydrogen (secondary N) is 2. The minimum atomic E-state index is -0.965. The molecule has 1 aliphatic heterocycles. The number of carbonyl (C=O) groups is 1. The van der Waals surface area contributed by atoms with Gasteiger partial charge in [-0.1, -0.05) is 18.2 Å². The molecule has 0 bridgehead atoms. The highest BCUT2D eigenvalue weighted by atomic mass is 16.3. The molecule has 1 atom stereocenters. The van der Waals surface area contributed by atoms with E-state index >= 15 is 0 Å². The first-order valence-electron chi connectivity index (χ1n) is 7.67. The van der Waals surface area contributed by atoms with Crippen LogP contribution >= 0.6 is 0 Å². The number of rotatable bonds is 2. The third-order valence-electron chi connectivity index (χ3n) is 4.71. The van der Waals surface area contributed by atoms with E-state index < -0.39 is 5.60 Å². The van der Waals surface area contributed by atoms with Gasteiger partial charge < -0.3 is 10.4 Å². The van der Waals surface area contributed by atoms with Crippen molar-refractivity contribution in [2.75, 3.05) is 7.05 Å². The molecule has 2 heterocycles. The normalized spacial score (nSPS) is 19.7. The van der Waals surface area contributed by atoms with Gasteiger partial charge in [-0.25, -0.2) is 9.55 Å². The van der Waals surface area contributed by atoms with Gasteiger partial charge in [0.05, 0.1) is 6.54 Å². The van der Waals surface area contributed by atoms with Gasteiger partial charge in [-0.2, -0.15) is 0 Å². The molecule has 5 nitrogen and oxygen atoms in total. The van der Waals surface area contributed by atoms with Gasteiger partial charge in [-0.3, -0.25) is 4.79 Å². The lowest BCUT2D eigenvalue weighted by atomic mass is 9.88. The fourth-order valence-corrected chi connectivity index (χ4v) is 3.39. The van der Waals surface area contributed by atoms with E-state index in [2.05, 4.69) is 10.3 Å². The van der Waals surface area contributed by atoms with Crippen molar-refractivity contribution in [3.05, 3.63) is 65.7 Å². The van der Waals surface area contributed by atoms with Crippen molar-refractivity contribution in [3.63, 3.8) is 0 Å². The van der Waals surface area contributed by atoms with Crippen LogP contribution in [0.1, 0.15) is 28.0 Å². The highest BCUT2D eigenvalue weighted by molar-refractivity contribution is 5.98. The van der Waals surface area contributed by atoms with Gasteiger partial charge in [0, 0.05) is 19.0 Å². The van der Waals surface area contributed by atoms with Crippen molar-refractivity contribution < 1.29 is 14.5 Å². The minimum Gasteiger partial charge on any atom is -0.376 e.